The number of aryl methyl sites for hydroxylation is 1. The second kappa shape index (κ2) is 4.45. The molecular formula is C11H11N5. The molecule has 0 aliphatic carbocycles. The van der Waals surface area contributed by atoms with Crippen LogP contribution in [0.1, 0.15) is 11.5 Å². The number of hydrogen-bond donors (Lipinski definition) is 1. The predicted molar refractivity (Wildman–Crippen MR) is 59.5 cm³/mol. The Morgan fingerprint density at radius 1 is 1.44 bits per heavy atom. The summed E-state index contributed by atoms with van der Waals surface area (Å²) in [5.74, 6) is 0.940. The number of aromatic nitrogens is 3. The molecule has 2 heterocycles. The van der Waals surface area contributed by atoms with Gasteiger partial charge < -0.3 is 9.88 Å². The van der Waals surface area contributed by atoms with Crippen molar-refractivity contribution in [3.05, 3.63) is 42.2 Å². The smallest absolute Gasteiger partial charge is 0.142 e. The van der Waals surface area contributed by atoms with Gasteiger partial charge in [-0.2, -0.15) is 5.26 Å². The first-order chi connectivity index (χ1) is 7.79. The number of nitrogens with zero attached hydrogens (tertiary/aromatic N) is 4. The lowest BCUT2D eigenvalue weighted by atomic mass is 10.3. The number of nitriles is 1. The number of hydrogen-bond acceptors (Lipinski definition) is 4. The first-order valence-electron chi connectivity index (χ1n) is 4.86. The van der Waals surface area contributed by atoms with Crippen LogP contribution in [0.2, 0.25) is 0 Å². The van der Waals surface area contributed by atoms with Crippen molar-refractivity contribution in [2.75, 3.05) is 5.32 Å². The average molecular weight is 213 g/mol. The van der Waals surface area contributed by atoms with E-state index in [-0.39, 0.29) is 0 Å². The Kier molecular flexibility index (Phi) is 2.83. The van der Waals surface area contributed by atoms with Crippen LogP contribution in [0.25, 0.3) is 0 Å². The number of pyridine rings is 1. The normalized spacial score (nSPS) is 9.75. The van der Waals surface area contributed by atoms with Crippen LogP contribution in [-0.2, 0) is 13.6 Å². The molecule has 0 atom stereocenters. The van der Waals surface area contributed by atoms with Crippen molar-refractivity contribution in [2.24, 2.45) is 7.05 Å². The molecule has 1 N–H and O–H groups in total. The Labute approximate surface area is 93.4 Å². The largest absolute Gasteiger partial charge is 0.378 e. The zero-order valence-corrected chi connectivity index (χ0v) is 8.88. The summed E-state index contributed by atoms with van der Waals surface area (Å²) in [5, 5.41) is 11.9. The van der Waals surface area contributed by atoms with Gasteiger partial charge in [0.25, 0.3) is 0 Å². The second-order valence-corrected chi connectivity index (χ2v) is 3.35. The van der Waals surface area contributed by atoms with E-state index in [0.717, 1.165) is 11.5 Å². The molecule has 0 saturated heterocycles. The Hall–Kier alpha value is -2.35. The molecule has 0 bridgehead atoms. The molecule has 0 saturated carbocycles. The molecule has 2 rings (SSSR count). The molecule has 2 aromatic rings. The van der Waals surface area contributed by atoms with Gasteiger partial charge in [0.15, 0.2) is 0 Å². The number of imidazole rings is 1. The Morgan fingerprint density at radius 3 is 3.00 bits per heavy atom. The minimum absolute atomic E-state index is 0.407. The van der Waals surface area contributed by atoms with Gasteiger partial charge in [-0.15, -0.1) is 0 Å². The quantitative estimate of drug-likeness (QED) is 0.834. The molecule has 5 heteroatoms. The van der Waals surface area contributed by atoms with Crippen LogP contribution in [-0.4, -0.2) is 14.5 Å². The van der Waals surface area contributed by atoms with E-state index in [1.165, 1.54) is 0 Å². The highest BCUT2D eigenvalue weighted by atomic mass is 15.1. The van der Waals surface area contributed by atoms with E-state index in [0.29, 0.717) is 12.2 Å². The third-order valence-corrected chi connectivity index (χ3v) is 2.25. The lowest BCUT2D eigenvalue weighted by Gasteiger charge is -2.05. The van der Waals surface area contributed by atoms with Crippen molar-refractivity contribution < 1.29 is 0 Å². The lowest BCUT2D eigenvalue weighted by molar-refractivity contribution is 0.813. The maximum atomic E-state index is 8.70. The zero-order chi connectivity index (χ0) is 11.4. The van der Waals surface area contributed by atoms with E-state index < -0.39 is 0 Å². The minimum Gasteiger partial charge on any atom is -0.378 e. The van der Waals surface area contributed by atoms with Crippen LogP contribution < -0.4 is 5.32 Å². The van der Waals surface area contributed by atoms with E-state index in [1.54, 1.807) is 18.5 Å². The fourth-order valence-electron chi connectivity index (χ4n) is 1.35. The predicted octanol–water partition coefficient (Wildman–Crippen LogP) is 1.30. The molecule has 0 unspecified atom stereocenters. The van der Waals surface area contributed by atoms with Gasteiger partial charge in [-0.05, 0) is 12.1 Å². The topological polar surface area (TPSA) is 66.5 Å². The maximum absolute atomic E-state index is 8.70. The van der Waals surface area contributed by atoms with Crippen molar-refractivity contribution in [1.82, 2.24) is 14.5 Å². The zero-order valence-electron chi connectivity index (χ0n) is 8.88. The summed E-state index contributed by atoms with van der Waals surface area (Å²) >= 11 is 0. The average Bonchev–Trinajstić information content (AvgIpc) is 2.72. The summed E-state index contributed by atoms with van der Waals surface area (Å²) < 4.78 is 1.94. The monoisotopic (exact) mass is 213 g/mol. The van der Waals surface area contributed by atoms with E-state index >= 15 is 0 Å². The second-order valence-electron chi connectivity index (χ2n) is 3.35. The molecule has 5 nitrogen and oxygen atoms in total. The van der Waals surface area contributed by atoms with Gasteiger partial charge in [0.05, 0.1) is 6.54 Å². The number of nitrogens with one attached hydrogen (secondary N) is 1. The van der Waals surface area contributed by atoms with Crippen molar-refractivity contribution in [1.29, 1.82) is 5.26 Å². The van der Waals surface area contributed by atoms with E-state index in [2.05, 4.69) is 15.3 Å². The molecule has 2 aromatic heterocycles. The van der Waals surface area contributed by atoms with Crippen LogP contribution in [0, 0.1) is 11.3 Å². The molecule has 0 fully saturated rings. The van der Waals surface area contributed by atoms with Crippen molar-refractivity contribution >= 4 is 5.69 Å². The fourth-order valence-corrected chi connectivity index (χ4v) is 1.35. The van der Waals surface area contributed by atoms with E-state index in [4.69, 9.17) is 5.26 Å². The highest BCUT2D eigenvalue weighted by Crippen LogP contribution is 2.08. The van der Waals surface area contributed by atoms with Gasteiger partial charge >= 0.3 is 0 Å². The highest BCUT2D eigenvalue weighted by molar-refractivity contribution is 5.45. The molecule has 80 valence electrons. The van der Waals surface area contributed by atoms with Crippen LogP contribution in [0.15, 0.2) is 30.7 Å². The molecule has 0 aliphatic heterocycles. The third-order valence-electron chi connectivity index (χ3n) is 2.25. The van der Waals surface area contributed by atoms with Gasteiger partial charge in [-0.25, -0.2) is 9.97 Å². The fraction of sp³-hybridized carbons (Fsp3) is 0.182. The summed E-state index contributed by atoms with van der Waals surface area (Å²) in [4.78, 5) is 8.09. The van der Waals surface area contributed by atoms with Gasteiger partial charge in [0.1, 0.15) is 17.6 Å². The summed E-state index contributed by atoms with van der Waals surface area (Å²) in [6.07, 6.45) is 5.26. The first kappa shape index (κ1) is 10.2. The molecule has 16 heavy (non-hydrogen) atoms. The van der Waals surface area contributed by atoms with Crippen LogP contribution in [0.4, 0.5) is 5.69 Å². The number of anilines is 1. The highest BCUT2D eigenvalue weighted by Gasteiger charge is 1.99. The molecule has 0 spiro atoms. The summed E-state index contributed by atoms with van der Waals surface area (Å²) in [6, 6.07) is 5.53. The van der Waals surface area contributed by atoms with Crippen molar-refractivity contribution in [3.63, 3.8) is 0 Å². The standard InChI is InChI=1S/C11H11N5/c1-16-5-4-14-11(16)8-15-9-2-3-13-10(6-9)7-12/h2-6H,8H2,1H3,(H,13,15). The summed E-state index contributed by atoms with van der Waals surface area (Å²) in [6.45, 7) is 0.623. The summed E-state index contributed by atoms with van der Waals surface area (Å²) in [7, 11) is 1.94. The third kappa shape index (κ3) is 2.17. The van der Waals surface area contributed by atoms with E-state index in [1.807, 2.05) is 29.9 Å². The Bertz CT molecular complexity index is 523. The SMILES string of the molecule is Cn1ccnc1CNc1ccnc(C#N)c1. The van der Waals surface area contributed by atoms with Crippen LogP contribution >= 0.6 is 0 Å². The first-order valence-corrected chi connectivity index (χ1v) is 4.86. The van der Waals surface area contributed by atoms with Gasteiger partial charge in [0.2, 0.25) is 0 Å². The van der Waals surface area contributed by atoms with Crippen molar-refractivity contribution in [3.8, 4) is 6.07 Å². The molecule has 0 amide bonds. The molecule has 0 aliphatic rings. The minimum atomic E-state index is 0.407. The molecular weight excluding hydrogens is 202 g/mol. The molecule has 0 aromatic carbocycles. The van der Waals surface area contributed by atoms with Gasteiger partial charge in [-0.3, -0.25) is 0 Å². The van der Waals surface area contributed by atoms with E-state index in [9.17, 15) is 0 Å². The lowest BCUT2D eigenvalue weighted by Crippen LogP contribution is -2.05. The maximum Gasteiger partial charge on any atom is 0.142 e. The number of rotatable bonds is 3. The van der Waals surface area contributed by atoms with Gasteiger partial charge in [0, 0.05) is 31.3 Å². The van der Waals surface area contributed by atoms with Gasteiger partial charge in [-0.1, -0.05) is 0 Å². The van der Waals surface area contributed by atoms with Crippen LogP contribution in [0.3, 0.4) is 0 Å². The Morgan fingerprint density at radius 2 is 2.31 bits per heavy atom. The van der Waals surface area contributed by atoms with Crippen LogP contribution in [0.5, 0.6) is 0 Å². The van der Waals surface area contributed by atoms with Crippen molar-refractivity contribution in [2.45, 2.75) is 6.54 Å². The summed E-state index contributed by atoms with van der Waals surface area (Å²) in [5.41, 5.74) is 1.28. The molecule has 0 radical (unpaired) electrons. The Balaban J connectivity index is 2.05.